The number of amides is 1. The Balaban J connectivity index is 1.66. The van der Waals surface area contributed by atoms with Crippen molar-refractivity contribution in [3.63, 3.8) is 0 Å². The van der Waals surface area contributed by atoms with E-state index in [2.05, 4.69) is 29.3 Å². The van der Waals surface area contributed by atoms with Crippen molar-refractivity contribution in [2.24, 2.45) is 0 Å². The Morgan fingerprint density at radius 1 is 1.08 bits per heavy atom. The van der Waals surface area contributed by atoms with Crippen molar-refractivity contribution in [1.29, 1.82) is 0 Å². The first kappa shape index (κ1) is 20.8. The molecule has 2 rings (SSSR count). The minimum absolute atomic E-state index is 0.0875. The van der Waals surface area contributed by atoms with Crippen molar-refractivity contribution < 1.29 is 9.53 Å². The number of benzene rings is 1. The summed E-state index contributed by atoms with van der Waals surface area (Å²) in [4.78, 5) is 14.5. The molecule has 1 fully saturated rings. The third-order valence-electron chi connectivity index (χ3n) is 5.04. The number of unbranched alkanes of at least 4 members (excludes halogenated alkanes) is 4. The Kier molecular flexibility index (Phi) is 9.54. The molecule has 1 aromatic rings. The van der Waals surface area contributed by atoms with Crippen molar-refractivity contribution in [1.82, 2.24) is 4.90 Å². The second kappa shape index (κ2) is 11.9. The van der Waals surface area contributed by atoms with Crippen LogP contribution in [0.4, 0.5) is 10.5 Å². The normalized spacial score (nSPS) is 16.2. The maximum Gasteiger partial charge on any atom is 0.411 e. The van der Waals surface area contributed by atoms with Crippen LogP contribution >= 0.6 is 0 Å². The fourth-order valence-corrected chi connectivity index (χ4v) is 3.56. The van der Waals surface area contributed by atoms with Gasteiger partial charge in [0.15, 0.2) is 0 Å². The van der Waals surface area contributed by atoms with Gasteiger partial charge in [0.2, 0.25) is 0 Å². The van der Waals surface area contributed by atoms with Crippen LogP contribution in [0.5, 0.6) is 0 Å². The number of likely N-dealkylation sites (tertiary alicyclic amines) is 1. The monoisotopic (exact) mass is 360 g/mol. The van der Waals surface area contributed by atoms with Gasteiger partial charge in [-0.15, -0.1) is 0 Å². The number of ether oxygens (including phenoxy) is 1. The van der Waals surface area contributed by atoms with Gasteiger partial charge in [-0.3, -0.25) is 10.2 Å². The topological polar surface area (TPSA) is 41.6 Å². The molecular formula is C22H36N2O2. The molecule has 1 saturated heterocycles. The zero-order valence-electron chi connectivity index (χ0n) is 16.6. The van der Waals surface area contributed by atoms with Crippen LogP contribution < -0.4 is 5.32 Å². The predicted molar refractivity (Wildman–Crippen MR) is 109 cm³/mol. The van der Waals surface area contributed by atoms with Gasteiger partial charge < -0.3 is 4.74 Å². The number of nitrogens with zero attached hydrogens (tertiary/aromatic N) is 1. The molecule has 0 aromatic heterocycles. The molecule has 4 nitrogen and oxygen atoms in total. The Bertz CT molecular complexity index is 509. The Morgan fingerprint density at radius 2 is 1.77 bits per heavy atom. The molecular weight excluding hydrogens is 324 g/mol. The number of anilines is 1. The summed E-state index contributed by atoms with van der Waals surface area (Å²) in [6.45, 7) is 7.27. The van der Waals surface area contributed by atoms with E-state index in [0.717, 1.165) is 31.7 Å². The van der Waals surface area contributed by atoms with Crippen molar-refractivity contribution in [3.8, 4) is 0 Å². The minimum atomic E-state index is -0.359. The average Bonchev–Trinajstić information content (AvgIpc) is 2.63. The Morgan fingerprint density at radius 3 is 2.46 bits per heavy atom. The van der Waals surface area contributed by atoms with E-state index in [9.17, 15) is 4.79 Å². The van der Waals surface area contributed by atoms with Crippen molar-refractivity contribution >= 4 is 11.8 Å². The summed E-state index contributed by atoms with van der Waals surface area (Å²) in [5.74, 6) is 0. The molecule has 0 saturated carbocycles. The highest BCUT2D eigenvalue weighted by atomic mass is 16.6. The van der Waals surface area contributed by atoms with Gasteiger partial charge in [-0.1, -0.05) is 51.2 Å². The highest BCUT2D eigenvalue weighted by molar-refractivity contribution is 5.84. The number of hydrogen-bond donors (Lipinski definition) is 1. The number of nitrogens with one attached hydrogen (secondary N) is 1. The molecule has 1 heterocycles. The third-order valence-corrected chi connectivity index (χ3v) is 5.04. The SMILES string of the molecule is CCCCCCCc1ccc(NC(=O)O[C@@H](C)CN2CCCCC2)cc1. The average molecular weight is 361 g/mol. The first-order valence-electron chi connectivity index (χ1n) is 10.5. The summed E-state index contributed by atoms with van der Waals surface area (Å²) in [5, 5.41) is 2.84. The highest BCUT2D eigenvalue weighted by Crippen LogP contribution is 2.14. The number of rotatable bonds is 10. The lowest BCUT2D eigenvalue weighted by molar-refractivity contribution is 0.0833. The summed E-state index contributed by atoms with van der Waals surface area (Å²) in [6, 6.07) is 8.15. The first-order valence-corrected chi connectivity index (χ1v) is 10.5. The zero-order valence-corrected chi connectivity index (χ0v) is 16.6. The summed E-state index contributed by atoms with van der Waals surface area (Å²) in [7, 11) is 0. The molecule has 1 N–H and O–H groups in total. The van der Waals surface area contributed by atoms with Crippen LogP contribution in [0.15, 0.2) is 24.3 Å². The van der Waals surface area contributed by atoms with Crippen LogP contribution in [0.2, 0.25) is 0 Å². The van der Waals surface area contributed by atoms with Gasteiger partial charge in [0.1, 0.15) is 6.10 Å². The van der Waals surface area contributed by atoms with E-state index in [1.54, 1.807) is 0 Å². The zero-order chi connectivity index (χ0) is 18.6. The van der Waals surface area contributed by atoms with Gasteiger partial charge in [-0.05, 0) is 63.4 Å². The lowest BCUT2D eigenvalue weighted by atomic mass is 10.1. The summed E-state index contributed by atoms with van der Waals surface area (Å²) < 4.78 is 5.50. The fraction of sp³-hybridized carbons (Fsp3) is 0.682. The molecule has 4 heteroatoms. The van der Waals surface area contributed by atoms with E-state index < -0.39 is 0 Å². The maximum atomic E-state index is 12.1. The van der Waals surface area contributed by atoms with Crippen LogP contribution in [0.1, 0.15) is 70.8 Å². The number of piperidine rings is 1. The van der Waals surface area contributed by atoms with Crippen LogP contribution in [-0.4, -0.2) is 36.7 Å². The van der Waals surface area contributed by atoms with Gasteiger partial charge >= 0.3 is 6.09 Å². The molecule has 1 atom stereocenters. The number of carbonyl (C=O) groups is 1. The molecule has 1 amide bonds. The van der Waals surface area contributed by atoms with Crippen LogP contribution in [0.25, 0.3) is 0 Å². The van der Waals surface area contributed by atoms with Crippen molar-refractivity contribution in [3.05, 3.63) is 29.8 Å². The van der Waals surface area contributed by atoms with E-state index in [1.165, 1.54) is 56.9 Å². The molecule has 1 aliphatic heterocycles. The maximum absolute atomic E-state index is 12.1. The Hall–Kier alpha value is -1.55. The molecule has 26 heavy (non-hydrogen) atoms. The van der Waals surface area contributed by atoms with Crippen molar-refractivity contribution in [2.75, 3.05) is 25.0 Å². The van der Waals surface area contributed by atoms with Crippen LogP contribution in [-0.2, 0) is 11.2 Å². The fourth-order valence-electron chi connectivity index (χ4n) is 3.56. The molecule has 0 spiro atoms. The van der Waals surface area contributed by atoms with E-state index in [4.69, 9.17) is 4.74 Å². The lowest BCUT2D eigenvalue weighted by Gasteiger charge is -2.28. The quantitative estimate of drug-likeness (QED) is 0.550. The van der Waals surface area contributed by atoms with Gasteiger partial charge in [0, 0.05) is 12.2 Å². The summed E-state index contributed by atoms with van der Waals surface area (Å²) in [6.07, 6.45) is 11.0. The molecule has 146 valence electrons. The van der Waals surface area contributed by atoms with Gasteiger partial charge in [-0.25, -0.2) is 4.79 Å². The standard InChI is InChI=1S/C22H36N2O2/c1-3-4-5-6-8-11-20-12-14-21(15-13-20)23-22(25)26-19(2)18-24-16-9-7-10-17-24/h12-15,19H,3-11,16-18H2,1-2H3,(H,23,25)/t19-/m0/s1. The molecule has 0 bridgehead atoms. The molecule has 1 aromatic carbocycles. The first-order chi connectivity index (χ1) is 12.7. The minimum Gasteiger partial charge on any atom is -0.445 e. The molecule has 0 radical (unpaired) electrons. The number of hydrogen-bond acceptors (Lipinski definition) is 3. The molecule has 1 aliphatic rings. The third kappa shape index (κ3) is 8.22. The summed E-state index contributed by atoms with van der Waals surface area (Å²) >= 11 is 0. The van der Waals surface area contributed by atoms with E-state index in [-0.39, 0.29) is 12.2 Å². The highest BCUT2D eigenvalue weighted by Gasteiger charge is 2.16. The predicted octanol–water partition coefficient (Wildman–Crippen LogP) is 5.62. The van der Waals surface area contributed by atoms with Crippen LogP contribution in [0.3, 0.4) is 0 Å². The number of aryl methyl sites for hydroxylation is 1. The molecule has 0 unspecified atom stereocenters. The van der Waals surface area contributed by atoms with E-state index >= 15 is 0 Å². The lowest BCUT2D eigenvalue weighted by Crippen LogP contribution is -2.37. The molecule has 0 aliphatic carbocycles. The summed E-state index contributed by atoms with van der Waals surface area (Å²) in [5.41, 5.74) is 2.13. The van der Waals surface area contributed by atoms with E-state index in [0.29, 0.717) is 0 Å². The van der Waals surface area contributed by atoms with Gasteiger partial charge in [0.05, 0.1) is 0 Å². The van der Waals surface area contributed by atoms with Crippen molar-refractivity contribution in [2.45, 2.75) is 77.7 Å². The second-order valence-electron chi connectivity index (χ2n) is 7.56. The van der Waals surface area contributed by atoms with E-state index in [1.807, 2.05) is 19.1 Å². The van der Waals surface area contributed by atoms with Gasteiger partial charge in [0.25, 0.3) is 0 Å². The second-order valence-corrected chi connectivity index (χ2v) is 7.56. The number of carbonyl (C=O) groups excluding carboxylic acids is 1. The Labute approximate surface area is 159 Å². The largest absolute Gasteiger partial charge is 0.445 e. The van der Waals surface area contributed by atoms with Gasteiger partial charge in [-0.2, -0.15) is 0 Å². The smallest absolute Gasteiger partial charge is 0.411 e. The van der Waals surface area contributed by atoms with Crippen LogP contribution in [0, 0.1) is 0 Å².